The summed E-state index contributed by atoms with van der Waals surface area (Å²) in [4.78, 5) is 14.1. The molecule has 1 aromatic heterocycles. The van der Waals surface area contributed by atoms with Gasteiger partial charge in [0.15, 0.2) is 0 Å². The number of esters is 1. The van der Waals surface area contributed by atoms with Crippen molar-refractivity contribution in [3.8, 4) is 0 Å². The molecule has 1 aliphatic rings. The third-order valence-corrected chi connectivity index (χ3v) is 5.00. The molecule has 2 heterocycles. The van der Waals surface area contributed by atoms with Crippen molar-refractivity contribution >= 4 is 33.2 Å². The standard InChI is InChI=1S/C13H18BrNO2S/c1-2-17-13(16)7-12(15-5-3-4-6-15)10-8-18-9-11(10)14/h8-9,12H,2-7H2,1H3. The highest BCUT2D eigenvalue weighted by Gasteiger charge is 2.28. The lowest BCUT2D eigenvalue weighted by atomic mass is 10.1. The molecular formula is C13H18BrNO2S. The van der Waals surface area contributed by atoms with Gasteiger partial charge >= 0.3 is 5.97 Å². The topological polar surface area (TPSA) is 29.5 Å². The zero-order valence-corrected chi connectivity index (χ0v) is 12.9. The van der Waals surface area contributed by atoms with Crippen LogP contribution in [-0.2, 0) is 9.53 Å². The van der Waals surface area contributed by atoms with Crippen molar-refractivity contribution < 1.29 is 9.53 Å². The molecule has 18 heavy (non-hydrogen) atoms. The lowest BCUT2D eigenvalue weighted by Crippen LogP contribution is -2.28. The first-order valence-electron chi connectivity index (χ1n) is 6.33. The van der Waals surface area contributed by atoms with E-state index in [-0.39, 0.29) is 12.0 Å². The van der Waals surface area contributed by atoms with Crippen molar-refractivity contribution in [2.75, 3.05) is 19.7 Å². The van der Waals surface area contributed by atoms with Crippen LogP contribution in [0.1, 0.15) is 37.8 Å². The molecule has 0 spiro atoms. The van der Waals surface area contributed by atoms with Crippen molar-refractivity contribution in [2.24, 2.45) is 0 Å². The van der Waals surface area contributed by atoms with Crippen molar-refractivity contribution in [2.45, 2.75) is 32.2 Å². The number of nitrogens with zero attached hydrogens (tertiary/aromatic N) is 1. The fraction of sp³-hybridized carbons (Fsp3) is 0.615. The highest BCUT2D eigenvalue weighted by Crippen LogP contribution is 2.35. The maximum Gasteiger partial charge on any atom is 0.307 e. The molecule has 0 radical (unpaired) electrons. The van der Waals surface area contributed by atoms with Crippen LogP contribution in [-0.4, -0.2) is 30.6 Å². The molecule has 0 amide bonds. The zero-order valence-electron chi connectivity index (χ0n) is 10.5. The van der Waals surface area contributed by atoms with E-state index in [1.54, 1.807) is 11.3 Å². The van der Waals surface area contributed by atoms with Gasteiger partial charge in [-0.1, -0.05) is 0 Å². The maximum absolute atomic E-state index is 11.8. The van der Waals surface area contributed by atoms with E-state index in [1.165, 1.54) is 18.4 Å². The van der Waals surface area contributed by atoms with Crippen molar-refractivity contribution in [1.82, 2.24) is 4.90 Å². The molecule has 0 bridgehead atoms. The quantitative estimate of drug-likeness (QED) is 0.772. The van der Waals surface area contributed by atoms with Crippen LogP contribution in [0.15, 0.2) is 15.2 Å². The fourth-order valence-electron chi connectivity index (χ4n) is 2.40. The first kappa shape index (κ1) is 14.0. The van der Waals surface area contributed by atoms with E-state index in [9.17, 15) is 4.79 Å². The van der Waals surface area contributed by atoms with Gasteiger partial charge in [-0.05, 0) is 59.7 Å². The molecule has 100 valence electrons. The highest BCUT2D eigenvalue weighted by molar-refractivity contribution is 9.10. The van der Waals surface area contributed by atoms with Crippen LogP contribution >= 0.6 is 27.3 Å². The molecule has 0 saturated carbocycles. The minimum absolute atomic E-state index is 0.104. The Bertz CT molecular complexity index is 401. The first-order chi connectivity index (χ1) is 8.72. The lowest BCUT2D eigenvalue weighted by Gasteiger charge is -2.26. The molecule has 1 aliphatic heterocycles. The second-order valence-electron chi connectivity index (χ2n) is 4.44. The predicted molar refractivity (Wildman–Crippen MR) is 76.8 cm³/mol. The largest absolute Gasteiger partial charge is 0.466 e. The van der Waals surface area contributed by atoms with Gasteiger partial charge < -0.3 is 4.74 Å². The summed E-state index contributed by atoms with van der Waals surface area (Å²) in [5.41, 5.74) is 1.22. The van der Waals surface area contributed by atoms with Gasteiger partial charge in [-0.3, -0.25) is 9.69 Å². The number of halogens is 1. The average molecular weight is 332 g/mol. The molecule has 1 atom stereocenters. The van der Waals surface area contributed by atoms with Gasteiger partial charge in [-0.15, -0.1) is 0 Å². The van der Waals surface area contributed by atoms with Crippen LogP contribution in [0.3, 0.4) is 0 Å². The van der Waals surface area contributed by atoms with Gasteiger partial charge in [0, 0.05) is 15.9 Å². The van der Waals surface area contributed by atoms with E-state index in [0.717, 1.165) is 17.6 Å². The summed E-state index contributed by atoms with van der Waals surface area (Å²) in [5, 5.41) is 4.20. The van der Waals surface area contributed by atoms with E-state index >= 15 is 0 Å². The van der Waals surface area contributed by atoms with Crippen LogP contribution in [0.5, 0.6) is 0 Å². The van der Waals surface area contributed by atoms with E-state index in [4.69, 9.17) is 4.74 Å². The molecule has 1 unspecified atom stereocenters. The Morgan fingerprint density at radius 2 is 2.22 bits per heavy atom. The van der Waals surface area contributed by atoms with E-state index in [1.807, 2.05) is 6.92 Å². The molecule has 5 heteroatoms. The summed E-state index contributed by atoms with van der Waals surface area (Å²) in [6.07, 6.45) is 2.89. The van der Waals surface area contributed by atoms with Crippen LogP contribution in [0.2, 0.25) is 0 Å². The van der Waals surface area contributed by atoms with E-state index in [2.05, 4.69) is 31.6 Å². The molecule has 1 saturated heterocycles. The Hall–Kier alpha value is -0.390. The Morgan fingerprint density at radius 1 is 1.50 bits per heavy atom. The van der Waals surface area contributed by atoms with Crippen LogP contribution in [0.25, 0.3) is 0 Å². The van der Waals surface area contributed by atoms with Crippen LogP contribution in [0, 0.1) is 0 Å². The summed E-state index contributed by atoms with van der Waals surface area (Å²) in [7, 11) is 0. The number of hydrogen-bond donors (Lipinski definition) is 0. The van der Waals surface area contributed by atoms with Crippen LogP contribution in [0.4, 0.5) is 0 Å². The number of likely N-dealkylation sites (tertiary alicyclic amines) is 1. The Kier molecular flexibility index (Phi) is 5.21. The molecule has 1 fully saturated rings. The number of carbonyl (C=O) groups is 1. The summed E-state index contributed by atoms with van der Waals surface area (Å²) in [6, 6.07) is 0.159. The van der Waals surface area contributed by atoms with Crippen molar-refractivity contribution in [3.05, 3.63) is 20.8 Å². The highest BCUT2D eigenvalue weighted by atomic mass is 79.9. The van der Waals surface area contributed by atoms with Crippen molar-refractivity contribution in [1.29, 1.82) is 0 Å². The Labute approximate surface area is 120 Å². The monoisotopic (exact) mass is 331 g/mol. The van der Waals surface area contributed by atoms with Gasteiger partial charge in [-0.25, -0.2) is 0 Å². The molecule has 1 aromatic rings. The SMILES string of the molecule is CCOC(=O)CC(c1cscc1Br)N1CCCC1. The van der Waals surface area contributed by atoms with Gasteiger partial charge in [0.2, 0.25) is 0 Å². The first-order valence-corrected chi connectivity index (χ1v) is 8.07. The minimum atomic E-state index is -0.104. The third kappa shape index (κ3) is 3.33. The van der Waals surface area contributed by atoms with Gasteiger partial charge in [-0.2, -0.15) is 11.3 Å². The fourth-order valence-corrected chi connectivity index (χ4v) is 4.00. The molecule has 2 rings (SSSR count). The molecule has 0 aliphatic carbocycles. The van der Waals surface area contributed by atoms with Gasteiger partial charge in [0.1, 0.15) is 0 Å². The Morgan fingerprint density at radius 3 is 2.78 bits per heavy atom. The maximum atomic E-state index is 11.8. The normalized spacial score (nSPS) is 17.9. The summed E-state index contributed by atoms with van der Waals surface area (Å²) >= 11 is 5.24. The minimum Gasteiger partial charge on any atom is -0.466 e. The zero-order chi connectivity index (χ0) is 13.0. The van der Waals surface area contributed by atoms with Crippen LogP contribution < -0.4 is 0 Å². The second-order valence-corrected chi connectivity index (χ2v) is 6.04. The summed E-state index contributed by atoms with van der Waals surface area (Å²) in [5.74, 6) is -0.104. The smallest absolute Gasteiger partial charge is 0.307 e. The van der Waals surface area contributed by atoms with Gasteiger partial charge in [0.05, 0.1) is 13.0 Å². The average Bonchev–Trinajstić information content (AvgIpc) is 2.97. The lowest BCUT2D eigenvalue weighted by molar-refractivity contribution is -0.144. The molecular weight excluding hydrogens is 314 g/mol. The number of thiophene rings is 1. The summed E-state index contributed by atoms with van der Waals surface area (Å²) < 4.78 is 6.20. The van der Waals surface area contributed by atoms with E-state index in [0.29, 0.717) is 13.0 Å². The van der Waals surface area contributed by atoms with Crippen molar-refractivity contribution in [3.63, 3.8) is 0 Å². The predicted octanol–water partition coefficient (Wildman–Crippen LogP) is 3.60. The number of rotatable bonds is 5. The second kappa shape index (κ2) is 6.68. The van der Waals surface area contributed by atoms with E-state index < -0.39 is 0 Å². The molecule has 3 nitrogen and oxygen atoms in total. The number of ether oxygens (including phenoxy) is 1. The summed E-state index contributed by atoms with van der Waals surface area (Å²) in [6.45, 7) is 4.46. The van der Waals surface area contributed by atoms with Gasteiger partial charge in [0.25, 0.3) is 0 Å². The molecule has 0 aromatic carbocycles. The third-order valence-electron chi connectivity index (χ3n) is 3.25. The number of carbonyl (C=O) groups excluding carboxylic acids is 1. The number of hydrogen-bond acceptors (Lipinski definition) is 4. The Balaban J connectivity index is 2.12. The molecule has 0 N–H and O–H groups in total.